The van der Waals surface area contributed by atoms with E-state index in [2.05, 4.69) is 10.1 Å². The van der Waals surface area contributed by atoms with Crippen molar-refractivity contribution in [1.82, 2.24) is 14.8 Å². The molecule has 2 aromatic rings. The smallest absolute Gasteiger partial charge is 0.158 e. The summed E-state index contributed by atoms with van der Waals surface area (Å²) in [6, 6.07) is 5.71. The molecule has 2 N–H and O–H groups in total. The predicted molar refractivity (Wildman–Crippen MR) is 55.2 cm³/mol. The second-order valence-corrected chi connectivity index (χ2v) is 3.27. The number of pyridine rings is 1. The first-order valence-electron chi connectivity index (χ1n) is 4.42. The summed E-state index contributed by atoms with van der Waals surface area (Å²) in [5.74, 6) is 1.41. The third-order valence-corrected chi connectivity index (χ3v) is 2.04. The Kier molecular flexibility index (Phi) is 1.96. The molecule has 72 valence electrons. The normalized spacial score (nSPS) is 10.4. The highest BCUT2D eigenvalue weighted by Gasteiger charge is 2.06. The molecule has 0 spiro atoms. The number of aromatic nitrogens is 3. The maximum absolute atomic E-state index is 5.80. The molecular formula is C10H12N4. The van der Waals surface area contributed by atoms with Crippen molar-refractivity contribution < 1.29 is 0 Å². The summed E-state index contributed by atoms with van der Waals surface area (Å²) in [6.07, 6.45) is 1.73. The lowest BCUT2D eigenvalue weighted by Gasteiger charge is -2.05. The van der Waals surface area contributed by atoms with Gasteiger partial charge in [-0.25, -0.2) is 4.98 Å². The van der Waals surface area contributed by atoms with Gasteiger partial charge in [-0.2, -0.15) is 9.78 Å². The zero-order valence-electron chi connectivity index (χ0n) is 8.23. The zero-order chi connectivity index (χ0) is 10.1. The molecule has 2 heterocycles. The summed E-state index contributed by atoms with van der Waals surface area (Å²) in [7, 11) is 0. The van der Waals surface area contributed by atoms with Gasteiger partial charge in [-0.05, 0) is 25.5 Å². The molecule has 0 aromatic carbocycles. The first-order chi connectivity index (χ1) is 6.68. The van der Waals surface area contributed by atoms with E-state index >= 15 is 0 Å². The summed E-state index contributed by atoms with van der Waals surface area (Å²) < 4.78 is 1.66. The van der Waals surface area contributed by atoms with Crippen LogP contribution in [-0.2, 0) is 0 Å². The Bertz CT molecular complexity index is 459. The summed E-state index contributed by atoms with van der Waals surface area (Å²) >= 11 is 0. The second-order valence-electron chi connectivity index (χ2n) is 3.27. The van der Waals surface area contributed by atoms with Crippen LogP contribution in [0, 0.1) is 13.8 Å². The molecule has 0 aliphatic rings. The number of hydrogen-bond donors (Lipinski definition) is 1. The number of nitrogens with two attached hydrogens (primary N) is 1. The molecule has 0 saturated heterocycles. The number of hydrogen-bond acceptors (Lipinski definition) is 3. The number of nitrogen functional groups attached to an aromatic ring is 1. The van der Waals surface area contributed by atoms with E-state index in [1.807, 2.05) is 32.0 Å². The average Bonchev–Trinajstić information content (AvgIpc) is 2.46. The van der Waals surface area contributed by atoms with E-state index < -0.39 is 0 Å². The Hall–Kier alpha value is -1.84. The maximum atomic E-state index is 5.80. The van der Waals surface area contributed by atoms with E-state index in [1.165, 1.54) is 0 Å². The molecule has 14 heavy (non-hydrogen) atoms. The van der Waals surface area contributed by atoms with Gasteiger partial charge >= 0.3 is 0 Å². The van der Waals surface area contributed by atoms with Crippen LogP contribution in [-0.4, -0.2) is 14.8 Å². The van der Waals surface area contributed by atoms with E-state index in [4.69, 9.17) is 5.73 Å². The van der Waals surface area contributed by atoms with Crippen molar-refractivity contribution in [2.45, 2.75) is 13.8 Å². The molecule has 0 unspecified atom stereocenters. The van der Waals surface area contributed by atoms with Crippen molar-refractivity contribution in [3.8, 4) is 5.82 Å². The molecule has 0 amide bonds. The van der Waals surface area contributed by atoms with Gasteiger partial charge < -0.3 is 5.73 Å². The Morgan fingerprint density at radius 1 is 1.36 bits per heavy atom. The first-order valence-corrected chi connectivity index (χ1v) is 4.42. The van der Waals surface area contributed by atoms with Gasteiger partial charge in [0.2, 0.25) is 0 Å². The van der Waals surface area contributed by atoms with E-state index in [0.29, 0.717) is 5.82 Å². The predicted octanol–water partition coefficient (Wildman–Crippen LogP) is 1.47. The molecule has 2 rings (SSSR count). The quantitative estimate of drug-likeness (QED) is 0.737. The minimum Gasteiger partial charge on any atom is -0.384 e. The number of nitrogens with zero attached hydrogens (tertiary/aromatic N) is 3. The highest BCUT2D eigenvalue weighted by Crippen LogP contribution is 2.14. The van der Waals surface area contributed by atoms with Gasteiger partial charge in [0, 0.05) is 12.3 Å². The van der Waals surface area contributed by atoms with Crippen LogP contribution < -0.4 is 5.73 Å². The van der Waals surface area contributed by atoms with Crippen LogP contribution >= 0.6 is 0 Å². The molecule has 2 aromatic heterocycles. The molecule has 0 aliphatic carbocycles. The van der Waals surface area contributed by atoms with Crippen LogP contribution in [0.4, 0.5) is 5.82 Å². The van der Waals surface area contributed by atoms with Gasteiger partial charge in [0.05, 0.1) is 5.69 Å². The Balaban J connectivity index is 2.60. The van der Waals surface area contributed by atoms with E-state index in [9.17, 15) is 0 Å². The van der Waals surface area contributed by atoms with Gasteiger partial charge in [-0.15, -0.1) is 0 Å². The molecule has 4 heteroatoms. The second kappa shape index (κ2) is 3.14. The van der Waals surface area contributed by atoms with Crippen LogP contribution in [0.2, 0.25) is 0 Å². The topological polar surface area (TPSA) is 56.7 Å². The lowest BCUT2D eigenvalue weighted by atomic mass is 10.3. The van der Waals surface area contributed by atoms with E-state index in [-0.39, 0.29) is 0 Å². The van der Waals surface area contributed by atoms with Crippen molar-refractivity contribution in [2.75, 3.05) is 5.73 Å². The monoisotopic (exact) mass is 188 g/mol. The van der Waals surface area contributed by atoms with Gasteiger partial charge in [0.1, 0.15) is 5.82 Å². The van der Waals surface area contributed by atoms with Crippen LogP contribution in [0.5, 0.6) is 0 Å². The van der Waals surface area contributed by atoms with Crippen molar-refractivity contribution in [1.29, 1.82) is 0 Å². The van der Waals surface area contributed by atoms with E-state index in [1.54, 1.807) is 10.9 Å². The fraction of sp³-hybridized carbons (Fsp3) is 0.200. The molecule has 0 aliphatic heterocycles. The minimum atomic E-state index is 0.615. The maximum Gasteiger partial charge on any atom is 0.158 e. The Morgan fingerprint density at radius 3 is 2.71 bits per heavy atom. The van der Waals surface area contributed by atoms with Crippen LogP contribution in [0.3, 0.4) is 0 Å². The van der Waals surface area contributed by atoms with Crippen LogP contribution in [0.1, 0.15) is 11.3 Å². The molecular weight excluding hydrogens is 176 g/mol. The van der Waals surface area contributed by atoms with Crippen molar-refractivity contribution in [3.63, 3.8) is 0 Å². The van der Waals surface area contributed by atoms with Gasteiger partial charge in [-0.1, -0.05) is 6.07 Å². The fourth-order valence-electron chi connectivity index (χ4n) is 1.39. The third kappa shape index (κ3) is 1.35. The SMILES string of the molecule is Cc1cc(N)n(-c2ncccc2C)n1. The van der Waals surface area contributed by atoms with E-state index in [0.717, 1.165) is 17.1 Å². The number of anilines is 1. The summed E-state index contributed by atoms with van der Waals surface area (Å²) in [4.78, 5) is 4.24. The van der Waals surface area contributed by atoms with Crippen LogP contribution in [0.15, 0.2) is 24.4 Å². The van der Waals surface area contributed by atoms with Crippen molar-refractivity contribution >= 4 is 5.82 Å². The van der Waals surface area contributed by atoms with Crippen LogP contribution in [0.25, 0.3) is 5.82 Å². The third-order valence-electron chi connectivity index (χ3n) is 2.04. The summed E-state index contributed by atoms with van der Waals surface area (Å²) in [6.45, 7) is 3.89. The largest absolute Gasteiger partial charge is 0.384 e. The number of rotatable bonds is 1. The average molecular weight is 188 g/mol. The molecule has 0 bridgehead atoms. The van der Waals surface area contributed by atoms with Gasteiger partial charge in [0.15, 0.2) is 5.82 Å². The summed E-state index contributed by atoms with van der Waals surface area (Å²) in [5.41, 5.74) is 7.76. The molecule has 0 fully saturated rings. The van der Waals surface area contributed by atoms with Crippen molar-refractivity contribution in [2.24, 2.45) is 0 Å². The van der Waals surface area contributed by atoms with Gasteiger partial charge in [0.25, 0.3) is 0 Å². The highest BCUT2D eigenvalue weighted by molar-refractivity contribution is 5.42. The lowest BCUT2D eigenvalue weighted by molar-refractivity contribution is 0.833. The van der Waals surface area contributed by atoms with Crippen molar-refractivity contribution in [3.05, 3.63) is 35.7 Å². The molecule has 0 saturated carbocycles. The number of aryl methyl sites for hydroxylation is 2. The lowest BCUT2D eigenvalue weighted by Crippen LogP contribution is -2.05. The minimum absolute atomic E-state index is 0.615. The highest BCUT2D eigenvalue weighted by atomic mass is 15.3. The first kappa shape index (κ1) is 8.74. The zero-order valence-corrected chi connectivity index (χ0v) is 8.23. The Labute approximate surface area is 82.4 Å². The molecule has 0 atom stereocenters. The van der Waals surface area contributed by atoms with Gasteiger partial charge in [-0.3, -0.25) is 0 Å². The Morgan fingerprint density at radius 2 is 2.14 bits per heavy atom. The fourth-order valence-corrected chi connectivity index (χ4v) is 1.39. The standard InChI is InChI=1S/C10H12N4/c1-7-4-3-5-12-10(7)14-9(11)6-8(2)13-14/h3-6H,11H2,1-2H3. The summed E-state index contributed by atoms with van der Waals surface area (Å²) in [5, 5.41) is 4.27. The molecule has 0 radical (unpaired) electrons. The molecule has 4 nitrogen and oxygen atoms in total.